The number of hydrogen-bond donors (Lipinski definition) is 1. The Morgan fingerprint density at radius 3 is 2.61 bits per heavy atom. The van der Waals surface area contributed by atoms with Crippen molar-refractivity contribution in [3.8, 4) is 11.5 Å². The molecule has 0 bridgehead atoms. The van der Waals surface area contributed by atoms with Crippen LogP contribution >= 0.6 is 0 Å². The summed E-state index contributed by atoms with van der Waals surface area (Å²) in [5.74, 6) is 1.30. The average Bonchev–Trinajstić information content (AvgIpc) is 3.36. The van der Waals surface area contributed by atoms with Crippen LogP contribution in [0.25, 0.3) is 0 Å². The van der Waals surface area contributed by atoms with Gasteiger partial charge in [0.2, 0.25) is 0 Å². The predicted octanol–water partition coefficient (Wildman–Crippen LogP) is 4.21. The summed E-state index contributed by atoms with van der Waals surface area (Å²) in [6.45, 7) is 2.18. The highest BCUT2D eigenvalue weighted by Crippen LogP contribution is 2.28. The van der Waals surface area contributed by atoms with Crippen LogP contribution in [0.3, 0.4) is 0 Å². The van der Waals surface area contributed by atoms with E-state index in [1.54, 1.807) is 32.2 Å². The standard InChI is InChI=1S/C21H22F3N3O4/c1-14-12-19(21(22,23)24)26-27(14)11-5-10-25-20(28)18-9-8-15(31-18)13-30-17-7-4-3-6-16(17)29-2/h3-4,6-9,12H,5,10-11,13H2,1-2H3,(H,25,28). The first kappa shape index (κ1) is 22.3. The second-order valence-electron chi connectivity index (χ2n) is 6.71. The summed E-state index contributed by atoms with van der Waals surface area (Å²) in [4.78, 5) is 12.2. The van der Waals surface area contributed by atoms with Crippen LogP contribution in [-0.2, 0) is 19.3 Å². The zero-order chi connectivity index (χ0) is 22.4. The quantitative estimate of drug-likeness (QED) is 0.508. The Morgan fingerprint density at radius 1 is 1.19 bits per heavy atom. The first-order valence-corrected chi connectivity index (χ1v) is 9.52. The molecule has 0 atom stereocenters. The van der Waals surface area contributed by atoms with E-state index in [1.165, 1.54) is 10.7 Å². The number of carbonyl (C=O) groups is 1. The van der Waals surface area contributed by atoms with Crippen molar-refractivity contribution in [2.24, 2.45) is 0 Å². The van der Waals surface area contributed by atoms with E-state index in [9.17, 15) is 18.0 Å². The molecule has 0 aliphatic carbocycles. The highest BCUT2D eigenvalue weighted by molar-refractivity contribution is 5.91. The molecule has 0 fully saturated rings. The molecule has 0 unspecified atom stereocenters. The topological polar surface area (TPSA) is 78.5 Å². The number of halogens is 3. The number of rotatable bonds is 9. The maximum absolute atomic E-state index is 12.7. The molecule has 31 heavy (non-hydrogen) atoms. The molecular formula is C21H22F3N3O4. The highest BCUT2D eigenvalue weighted by atomic mass is 19.4. The van der Waals surface area contributed by atoms with Crippen molar-refractivity contribution in [2.75, 3.05) is 13.7 Å². The zero-order valence-electron chi connectivity index (χ0n) is 17.0. The van der Waals surface area contributed by atoms with Gasteiger partial charge in [-0.05, 0) is 43.7 Å². The second-order valence-corrected chi connectivity index (χ2v) is 6.71. The zero-order valence-corrected chi connectivity index (χ0v) is 17.0. The Labute approximate surface area is 176 Å². The summed E-state index contributed by atoms with van der Waals surface area (Å²) in [5, 5.41) is 6.23. The molecule has 10 heteroatoms. The van der Waals surface area contributed by atoms with Gasteiger partial charge in [0, 0.05) is 18.8 Å². The van der Waals surface area contributed by atoms with Crippen LogP contribution in [0.1, 0.15) is 34.1 Å². The maximum Gasteiger partial charge on any atom is 0.435 e. The molecule has 0 saturated heterocycles. The molecule has 2 aromatic heterocycles. The van der Waals surface area contributed by atoms with E-state index in [4.69, 9.17) is 13.9 Å². The van der Waals surface area contributed by atoms with Crippen LogP contribution < -0.4 is 14.8 Å². The number of nitrogens with zero attached hydrogens (tertiary/aromatic N) is 2. The van der Waals surface area contributed by atoms with E-state index in [1.807, 2.05) is 12.1 Å². The molecule has 7 nitrogen and oxygen atoms in total. The minimum absolute atomic E-state index is 0.119. The average molecular weight is 437 g/mol. The molecular weight excluding hydrogens is 415 g/mol. The predicted molar refractivity (Wildman–Crippen MR) is 105 cm³/mol. The molecule has 0 aliphatic heterocycles. The van der Waals surface area contributed by atoms with Gasteiger partial charge in [0.15, 0.2) is 23.0 Å². The van der Waals surface area contributed by atoms with Crippen molar-refractivity contribution in [3.63, 3.8) is 0 Å². The summed E-state index contributed by atoms with van der Waals surface area (Å²) in [5.41, 5.74) is -0.517. The lowest BCUT2D eigenvalue weighted by Gasteiger charge is -2.08. The van der Waals surface area contributed by atoms with Gasteiger partial charge in [-0.1, -0.05) is 12.1 Å². The third-order valence-corrected chi connectivity index (χ3v) is 4.43. The number of aromatic nitrogens is 2. The van der Waals surface area contributed by atoms with Crippen molar-refractivity contribution in [1.82, 2.24) is 15.1 Å². The van der Waals surface area contributed by atoms with Gasteiger partial charge in [-0.3, -0.25) is 9.48 Å². The van der Waals surface area contributed by atoms with Crippen LogP contribution in [0.15, 0.2) is 46.9 Å². The first-order chi connectivity index (χ1) is 14.8. The van der Waals surface area contributed by atoms with Crippen LogP contribution in [0, 0.1) is 6.92 Å². The van der Waals surface area contributed by atoms with E-state index in [0.29, 0.717) is 29.4 Å². The van der Waals surface area contributed by atoms with Gasteiger partial charge < -0.3 is 19.2 Å². The largest absolute Gasteiger partial charge is 0.493 e. The fourth-order valence-electron chi connectivity index (χ4n) is 2.86. The summed E-state index contributed by atoms with van der Waals surface area (Å²) < 4.78 is 55.7. The van der Waals surface area contributed by atoms with Crippen molar-refractivity contribution < 1.29 is 31.9 Å². The Morgan fingerprint density at radius 2 is 1.94 bits per heavy atom. The number of ether oxygens (including phenoxy) is 2. The highest BCUT2D eigenvalue weighted by Gasteiger charge is 2.34. The van der Waals surface area contributed by atoms with Crippen molar-refractivity contribution in [1.29, 1.82) is 0 Å². The minimum Gasteiger partial charge on any atom is -0.493 e. The number of amides is 1. The Balaban J connectivity index is 1.45. The van der Waals surface area contributed by atoms with Gasteiger partial charge in [-0.25, -0.2) is 0 Å². The Kier molecular flexibility index (Phi) is 6.88. The van der Waals surface area contributed by atoms with Crippen molar-refractivity contribution >= 4 is 5.91 Å². The summed E-state index contributed by atoms with van der Waals surface area (Å²) in [7, 11) is 1.54. The molecule has 0 aliphatic rings. The lowest BCUT2D eigenvalue weighted by Crippen LogP contribution is -2.25. The number of benzene rings is 1. The Bertz CT molecular complexity index is 1030. The van der Waals surface area contributed by atoms with E-state index in [-0.39, 0.29) is 25.5 Å². The fraction of sp³-hybridized carbons (Fsp3) is 0.333. The number of aryl methyl sites for hydroxylation is 2. The van der Waals surface area contributed by atoms with E-state index in [2.05, 4.69) is 10.4 Å². The van der Waals surface area contributed by atoms with E-state index in [0.717, 1.165) is 6.07 Å². The molecule has 1 N–H and O–H groups in total. The molecule has 0 radical (unpaired) electrons. The van der Waals surface area contributed by atoms with Crippen molar-refractivity contribution in [3.05, 3.63) is 65.4 Å². The molecule has 0 saturated carbocycles. The lowest BCUT2D eigenvalue weighted by atomic mass is 10.3. The molecule has 1 aromatic carbocycles. The van der Waals surface area contributed by atoms with Crippen LogP contribution in [0.2, 0.25) is 0 Å². The number of alkyl halides is 3. The van der Waals surface area contributed by atoms with Gasteiger partial charge in [0.1, 0.15) is 12.4 Å². The van der Waals surface area contributed by atoms with Crippen molar-refractivity contribution in [2.45, 2.75) is 32.7 Å². The summed E-state index contributed by atoms with van der Waals surface area (Å²) in [6.07, 6.45) is -4.06. The van der Waals surface area contributed by atoms with Crippen LogP contribution in [-0.4, -0.2) is 29.3 Å². The number of nitrogens with one attached hydrogen (secondary N) is 1. The van der Waals surface area contributed by atoms with Gasteiger partial charge >= 0.3 is 6.18 Å². The van der Waals surface area contributed by atoms with Gasteiger partial charge in [0.25, 0.3) is 5.91 Å². The van der Waals surface area contributed by atoms with Crippen LogP contribution in [0.5, 0.6) is 11.5 Å². The second kappa shape index (κ2) is 9.59. The summed E-state index contributed by atoms with van der Waals surface area (Å²) in [6, 6.07) is 11.3. The van der Waals surface area contributed by atoms with E-state index < -0.39 is 17.8 Å². The smallest absolute Gasteiger partial charge is 0.435 e. The lowest BCUT2D eigenvalue weighted by molar-refractivity contribution is -0.141. The number of carbonyl (C=O) groups excluding carboxylic acids is 1. The monoisotopic (exact) mass is 437 g/mol. The van der Waals surface area contributed by atoms with Gasteiger partial charge in [0.05, 0.1) is 7.11 Å². The molecule has 2 heterocycles. The third-order valence-electron chi connectivity index (χ3n) is 4.43. The fourth-order valence-corrected chi connectivity index (χ4v) is 2.86. The molecule has 3 rings (SSSR count). The van der Waals surface area contributed by atoms with Gasteiger partial charge in [-0.15, -0.1) is 0 Å². The van der Waals surface area contributed by atoms with E-state index >= 15 is 0 Å². The Hall–Kier alpha value is -3.43. The third kappa shape index (κ3) is 5.80. The normalized spacial score (nSPS) is 11.4. The number of hydrogen-bond acceptors (Lipinski definition) is 5. The van der Waals surface area contributed by atoms with Gasteiger partial charge in [-0.2, -0.15) is 18.3 Å². The maximum atomic E-state index is 12.7. The first-order valence-electron chi connectivity index (χ1n) is 9.52. The van der Waals surface area contributed by atoms with Crippen LogP contribution in [0.4, 0.5) is 13.2 Å². The minimum atomic E-state index is -4.48. The molecule has 1 amide bonds. The molecule has 3 aromatic rings. The summed E-state index contributed by atoms with van der Waals surface area (Å²) >= 11 is 0. The number of para-hydroxylation sites is 2. The molecule has 166 valence electrons. The number of methoxy groups -OCH3 is 1. The SMILES string of the molecule is COc1ccccc1OCc1ccc(C(=O)NCCCn2nc(C(F)(F)F)cc2C)o1. The molecule has 0 spiro atoms. The number of furan rings is 1.